The zero-order valence-electron chi connectivity index (χ0n) is 19.1. The molecule has 5 rings (SSSR count). The van der Waals surface area contributed by atoms with E-state index >= 15 is 0 Å². The van der Waals surface area contributed by atoms with Crippen molar-refractivity contribution >= 4 is 22.8 Å². The third-order valence-corrected chi connectivity index (χ3v) is 5.31. The molecule has 11 heteroatoms. The summed E-state index contributed by atoms with van der Waals surface area (Å²) >= 11 is 0. The lowest BCUT2D eigenvalue weighted by Crippen LogP contribution is -2.17. The highest BCUT2D eigenvalue weighted by Crippen LogP contribution is 2.31. The normalized spacial score (nSPS) is 11.4. The molecule has 0 fully saturated rings. The fourth-order valence-electron chi connectivity index (χ4n) is 3.64. The summed E-state index contributed by atoms with van der Waals surface area (Å²) in [5.74, 6) is -0.366. The number of nitrogens with zero attached hydrogens (tertiary/aromatic N) is 3. The highest BCUT2D eigenvalue weighted by Gasteiger charge is 2.31. The van der Waals surface area contributed by atoms with Crippen LogP contribution in [0.5, 0.6) is 11.5 Å². The summed E-state index contributed by atoms with van der Waals surface area (Å²) in [7, 11) is 1.54. The zero-order chi connectivity index (χ0) is 26.0. The molecule has 0 aliphatic carbocycles. The number of ether oxygens (including phenoxy) is 2. The minimum absolute atomic E-state index is 0.0423. The second-order valence-electron chi connectivity index (χ2n) is 7.74. The highest BCUT2D eigenvalue weighted by atomic mass is 19.4. The Balaban J connectivity index is 1.51. The Morgan fingerprint density at radius 1 is 0.892 bits per heavy atom. The minimum Gasteiger partial charge on any atom is -0.497 e. The fourth-order valence-corrected chi connectivity index (χ4v) is 3.64. The number of rotatable bonds is 6. The van der Waals surface area contributed by atoms with E-state index in [2.05, 4.69) is 25.2 Å². The van der Waals surface area contributed by atoms with Crippen molar-refractivity contribution in [2.75, 3.05) is 12.4 Å². The van der Waals surface area contributed by atoms with Gasteiger partial charge in [0.1, 0.15) is 11.5 Å². The maximum Gasteiger partial charge on any atom is 0.573 e. The van der Waals surface area contributed by atoms with Gasteiger partial charge in [0.05, 0.1) is 23.9 Å². The van der Waals surface area contributed by atoms with Crippen LogP contribution < -0.4 is 14.8 Å². The molecule has 5 aromatic rings. The molecular formula is C26H17F3N4O4. The molecule has 0 saturated heterocycles. The summed E-state index contributed by atoms with van der Waals surface area (Å²) < 4.78 is 53.1. The van der Waals surface area contributed by atoms with E-state index in [-0.39, 0.29) is 22.9 Å². The Kier molecular flexibility index (Phi) is 6.18. The molecule has 0 radical (unpaired) electrons. The maximum absolute atomic E-state index is 13.3. The second kappa shape index (κ2) is 9.61. The third-order valence-electron chi connectivity index (χ3n) is 5.31. The van der Waals surface area contributed by atoms with Crippen molar-refractivity contribution in [3.05, 3.63) is 84.4 Å². The fraction of sp³-hybridized carbons (Fsp3) is 0.0769. The van der Waals surface area contributed by atoms with Gasteiger partial charge in [-0.2, -0.15) is 0 Å². The molecule has 8 nitrogen and oxygen atoms in total. The molecule has 0 aliphatic rings. The van der Waals surface area contributed by atoms with E-state index in [0.717, 1.165) is 12.1 Å². The minimum atomic E-state index is -4.89. The number of carbonyl (C=O) groups is 1. The molecule has 1 N–H and O–H groups in total. The van der Waals surface area contributed by atoms with Gasteiger partial charge in [-0.25, -0.2) is 4.98 Å². The van der Waals surface area contributed by atoms with Crippen LogP contribution >= 0.6 is 0 Å². The summed E-state index contributed by atoms with van der Waals surface area (Å²) in [5.41, 5.74) is 2.11. The van der Waals surface area contributed by atoms with E-state index in [1.165, 1.54) is 12.1 Å². The van der Waals surface area contributed by atoms with Crippen molar-refractivity contribution in [3.8, 4) is 34.2 Å². The number of aromatic nitrogens is 3. The Morgan fingerprint density at radius 2 is 1.62 bits per heavy atom. The number of halogens is 3. The second-order valence-corrected chi connectivity index (χ2v) is 7.74. The van der Waals surface area contributed by atoms with Crippen molar-refractivity contribution in [1.82, 2.24) is 15.2 Å². The lowest BCUT2D eigenvalue weighted by Gasteiger charge is -2.12. The third kappa shape index (κ3) is 5.35. The van der Waals surface area contributed by atoms with Crippen LogP contribution in [-0.2, 0) is 0 Å². The Morgan fingerprint density at radius 3 is 2.32 bits per heavy atom. The Hall–Kier alpha value is -4.93. The van der Waals surface area contributed by atoms with Crippen molar-refractivity contribution < 1.29 is 31.9 Å². The Bertz CT molecular complexity index is 1570. The van der Waals surface area contributed by atoms with E-state index in [1.807, 2.05) is 6.07 Å². The van der Waals surface area contributed by atoms with Crippen LogP contribution in [-0.4, -0.2) is 34.6 Å². The standard InChI is InChI=1S/C26H17F3N4O4/c1-35-17-9-7-16(8-10-17)24-32-33-25(36-24)31-23(34)20-14-22(15-5-3-2-4-6-15)30-21-12-11-18(13-19(20)21)37-26(27,28)29/h2-14H,1H3,(H,31,33,34). The molecule has 1 amide bonds. The average Bonchev–Trinajstić information content (AvgIpc) is 3.36. The first-order valence-corrected chi connectivity index (χ1v) is 10.8. The number of carbonyl (C=O) groups excluding carboxylic acids is 1. The van der Waals surface area contributed by atoms with Crippen molar-refractivity contribution in [1.29, 1.82) is 0 Å². The van der Waals surface area contributed by atoms with Crippen molar-refractivity contribution in [2.45, 2.75) is 6.36 Å². The van der Waals surface area contributed by atoms with Gasteiger partial charge in [0, 0.05) is 16.5 Å². The Labute approximate surface area is 207 Å². The van der Waals surface area contributed by atoms with Gasteiger partial charge in [-0.15, -0.1) is 18.3 Å². The first-order chi connectivity index (χ1) is 17.8. The van der Waals surface area contributed by atoms with E-state index in [4.69, 9.17) is 9.15 Å². The van der Waals surface area contributed by atoms with E-state index in [1.54, 1.807) is 55.6 Å². The number of nitrogens with one attached hydrogen (secondary N) is 1. The lowest BCUT2D eigenvalue weighted by molar-refractivity contribution is -0.274. The number of fused-ring (bicyclic) bond motifs is 1. The molecule has 3 aromatic carbocycles. The van der Waals surface area contributed by atoms with E-state index < -0.39 is 18.0 Å². The number of amides is 1. The summed E-state index contributed by atoms with van der Waals surface area (Å²) in [5, 5.41) is 10.5. The van der Waals surface area contributed by atoms with Crippen LogP contribution in [0.3, 0.4) is 0 Å². The maximum atomic E-state index is 13.3. The number of benzene rings is 3. The van der Waals surface area contributed by atoms with E-state index in [0.29, 0.717) is 28.1 Å². The van der Waals surface area contributed by atoms with Crippen LogP contribution in [0.15, 0.2) is 83.3 Å². The topological polar surface area (TPSA) is 99.4 Å². The number of anilines is 1. The largest absolute Gasteiger partial charge is 0.573 e. The number of alkyl halides is 3. The molecule has 37 heavy (non-hydrogen) atoms. The number of hydrogen-bond acceptors (Lipinski definition) is 7. The number of hydrogen-bond donors (Lipinski definition) is 1. The van der Waals surface area contributed by atoms with Gasteiger partial charge < -0.3 is 13.9 Å². The van der Waals surface area contributed by atoms with Gasteiger partial charge >= 0.3 is 12.4 Å². The molecule has 0 saturated carbocycles. The average molecular weight is 506 g/mol. The molecule has 0 unspecified atom stereocenters. The van der Waals surface area contributed by atoms with Gasteiger partial charge in [0.2, 0.25) is 5.89 Å². The molecule has 0 bridgehead atoms. The summed E-state index contributed by atoms with van der Waals surface area (Å²) in [6.45, 7) is 0. The monoisotopic (exact) mass is 506 g/mol. The van der Waals surface area contributed by atoms with Crippen LogP contribution in [0, 0.1) is 0 Å². The smallest absolute Gasteiger partial charge is 0.497 e. The number of pyridine rings is 1. The van der Waals surface area contributed by atoms with Gasteiger partial charge in [-0.1, -0.05) is 35.4 Å². The van der Waals surface area contributed by atoms with Gasteiger partial charge in [0.15, 0.2) is 0 Å². The molecule has 186 valence electrons. The van der Waals surface area contributed by atoms with Crippen molar-refractivity contribution in [2.24, 2.45) is 0 Å². The molecule has 0 atom stereocenters. The molecular weight excluding hydrogens is 489 g/mol. The van der Waals surface area contributed by atoms with Gasteiger partial charge in [-0.05, 0) is 48.5 Å². The zero-order valence-corrected chi connectivity index (χ0v) is 19.1. The van der Waals surface area contributed by atoms with Crippen LogP contribution in [0.2, 0.25) is 0 Å². The SMILES string of the molecule is COc1ccc(-c2nnc(NC(=O)c3cc(-c4ccccc4)nc4ccc(OC(F)(F)F)cc34)o2)cc1. The summed E-state index contributed by atoms with van der Waals surface area (Å²) in [4.78, 5) is 17.8. The summed E-state index contributed by atoms with van der Waals surface area (Å²) in [6, 6.07) is 20.8. The molecule has 2 aromatic heterocycles. The lowest BCUT2D eigenvalue weighted by atomic mass is 10.0. The molecule has 2 heterocycles. The molecule has 0 spiro atoms. The van der Waals surface area contributed by atoms with Gasteiger partial charge in [-0.3, -0.25) is 10.1 Å². The summed E-state index contributed by atoms with van der Waals surface area (Å²) in [6.07, 6.45) is -4.89. The predicted octanol–water partition coefficient (Wildman–Crippen LogP) is 6.11. The first-order valence-electron chi connectivity index (χ1n) is 10.8. The highest BCUT2D eigenvalue weighted by molar-refractivity contribution is 6.12. The quantitative estimate of drug-likeness (QED) is 0.297. The predicted molar refractivity (Wildman–Crippen MR) is 128 cm³/mol. The van der Waals surface area contributed by atoms with Gasteiger partial charge in [0.25, 0.3) is 5.91 Å². The molecule has 0 aliphatic heterocycles. The number of methoxy groups -OCH3 is 1. The van der Waals surface area contributed by atoms with Crippen LogP contribution in [0.4, 0.5) is 19.2 Å². The van der Waals surface area contributed by atoms with Crippen molar-refractivity contribution in [3.63, 3.8) is 0 Å². The van der Waals surface area contributed by atoms with E-state index in [9.17, 15) is 18.0 Å². The van der Waals surface area contributed by atoms with Crippen LogP contribution in [0.1, 0.15) is 10.4 Å². The first kappa shape index (κ1) is 23.8. The van der Waals surface area contributed by atoms with Crippen LogP contribution in [0.25, 0.3) is 33.6 Å².